The Balaban J connectivity index is 2.65. The zero-order valence-corrected chi connectivity index (χ0v) is 12.7. The van der Waals surface area contributed by atoms with Gasteiger partial charge >= 0.3 is 12.1 Å². The molecule has 0 aromatic heterocycles. The summed E-state index contributed by atoms with van der Waals surface area (Å²) in [4.78, 5) is 11.8. The fourth-order valence-corrected chi connectivity index (χ4v) is 3.49. The van der Waals surface area contributed by atoms with E-state index in [4.69, 9.17) is 16.3 Å². The lowest BCUT2D eigenvalue weighted by Gasteiger charge is -2.35. The molecule has 2 rings (SSSR count). The van der Waals surface area contributed by atoms with E-state index in [2.05, 4.69) is 0 Å². The predicted molar refractivity (Wildman–Crippen MR) is 75.4 cm³/mol. The molecule has 1 N–H and O–H groups in total. The zero-order valence-electron chi connectivity index (χ0n) is 12.0. The van der Waals surface area contributed by atoms with Crippen LogP contribution in [0.3, 0.4) is 0 Å². The Morgan fingerprint density at radius 1 is 1.27 bits per heavy atom. The molecule has 1 aromatic rings. The maximum absolute atomic E-state index is 12.9. The largest absolute Gasteiger partial charge is 0.496 e. The molecule has 0 radical (unpaired) electrons. The van der Waals surface area contributed by atoms with Crippen LogP contribution in [0.25, 0.3) is 0 Å². The summed E-state index contributed by atoms with van der Waals surface area (Å²) in [6.07, 6.45) is -1.62. The third-order valence-electron chi connectivity index (χ3n) is 4.20. The molecule has 0 bridgehead atoms. The number of carbonyl (C=O) groups is 1. The first kappa shape index (κ1) is 16.9. The molecule has 0 amide bonds. The molecule has 0 heterocycles. The van der Waals surface area contributed by atoms with Crippen LogP contribution in [0, 0.1) is 0 Å². The number of rotatable bonds is 3. The molecule has 0 saturated heterocycles. The van der Waals surface area contributed by atoms with Crippen molar-refractivity contribution in [1.29, 1.82) is 0 Å². The first-order chi connectivity index (χ1) is 10.2. The highest BCUT2D eigenvalue weighted by Gasteiger charge is 2.46. The highest BCUT2D eigenvalue weighted by Crippen LogP contribution is 2.48. The lowest BCUT2D eigenvalue weighted by Crippen LogP contribution is -2.38. The molecule has 1 aromatic carbocycles. The van der Waals surface area contributed by atoms with Crippen LogP contribution in [0.5, 0.6) is 5.75 Å². The summed E-state index contributed by atoms with van der Waals surface area (Å²) < 4.78 is 43.7. The van der Waals surface area contributed by atoms with Crippen LogP contribution in [-0.4, -0.2) is 18.2 Å². The first-order valence-electron chi connectivity index (χ1n) is 6.91. The highest BCUT2D eigenvalue weighted by molar-refractivity contribution is 6.32. The average Bonchev–Trinajstić information content (AvgIpc) is 2.45. The van der Waals surface area contributed by atoms with Gasteiger partial charge in [-0.1, -0.05) is 30.9 Å². The minimum atomic E-state index is -4.57. The number of ether oxygens (including phenoxy) is 1. The normalized spacial score (nSPS) is 18.0. The number of carboxylic acid groups (broad SMARTS) is 1. The van der Waals surface area contributed by atoms with E-state index in [-0.39, 0.29) is 16.3 Å². The number of carboxylic acids is 1. The molecular formula is C15H16ClF3O3. The molecule has 0 unspecified atom stereocenters. The number of benzene rings is 1. The maximum atomic E-state index is 12.9. The van der Waals surface area contributed by atoms with Crippen molar-refractivity contribution in [2.24, 2.45) is 0 Å². The van der Waals surface area contributed by atoms with Crippen LogP contribution >= 0.6 is 11.6 Å². The summed E-state index contributed by atoms with van der Waals surface area (Å²) in [5.41, 5.74) is -2.09. The summed E-state index contributed by atoms with van der Waals surface area (Å²) in [6.45, 7) is 0. The number of hydrogen-bond donors (Lipinski definition) is 1. The van der Waals surface area contributed by atoms with Crippen LogP contribution in [0.4, 0.5) is 13.2 Å². The van der Waals surface area contributed by atoms with Gasteiger partial charge in [-0.3, -0.25) is 4.79 Å². The summed E-state index contributed by atoms with van der Waals surface area (Å²) >= 11 is 6.04. The van der Waals surface area contributed by atoms with Crippen LogP contribution in [0.1, 0.15) is 43.2 Å². The smallest absolute Gasteiger partial charge is 0.416 e. The van der Waals surface area contributed by atoms with Gasteiger partial charge in [0.2, 0.25) is 0 Å². The fraction of sp³-hybridized carbons (Fsp3) is 0.533. The summed E-state index contributed by atoms with van der Waals surface area (Å²) in [5.74, 6) is -1.20. The molecule has 1 saturated carbocycles. The highest BCUT2D eigenvalue weighted by atomic mass is 35.5. The molecule has 0 aliphatic heterocycles. The second-order valence-corrected chi connectivity index (χ2v) is 5.89. The molecule has 0 spiro atoms. The zero-order chi connectivity index (χ0) is 16.5. The third-order valence-corrected chi connectivity index (χ3v) is 4.49. The quantitative estimate of drug-likeness (QED) is 0.873. The molecule has 7 heteroatoms. The van der Waals surface area contributed by atoms with Gasteiger partial charge in [0.25, 0.3) is 0 Å². The minimum absolute atomic E-state index is 0.121. The van der Waals surface area contributed by atoms with Crippen molar-refractivity contribution in [3.63, 3.8) is 0 Å². The third kappa shape index (κ3) is 2.89. The van der Waals surface area contributed by atoms with Crippen LogP contribution < -0.4 is 4.74 Å². The standard InChI is InChI=1S/C15H16ClF3O3/c1-22-11-8-9(15(17,18)19)7-10(16)12(11)14(13(20)21)5-3-2-4-6-14/h7-8H,2-6H2,1H3,(H,20,21). The summed E-state index contributed by atoms with van der Waals surface area (Å²) in [6, 6.07) is 1.60. The lowest BCUT2D eigenvalue weighted by molar-refractivity contribution is -0.145. The molecular weight excluding hydrogens is 321 g/mol. The van der Waals surface area contributed by atoms with E-state index >= 15 is 0 Å². The van der Waals surface area contributed by atoms with Gasteiger partial charge in [-0.25, -0.2) is 0 Å². The Morgan fingerprint density at radius 2 is 1.86 bits per heavy atom. The van der Waals surface area contributed by atoms with Crippen LogP contribution in [0.2, 0.25) is 5.02 Å². The van der Waals surface area contributed by atoms with Gasteiger partial charge in [-0.15, -0.1) is 0 Å². The minimum Gasteiger partial charge on any atom is -0.496 e. The second kappa shape index (κ2) is 5.99. The van der Waals surface area contributed by atoms with E-state index in [1.807, 2.05) is 0 Å². The molecule has 3 nitrogen and oxygen atoms in total. The van der Waals surface area contributed by atoms with Crippen molar-refractivity contribution < 1.29 is 27.8 Å². The molecule has 1 aliphatic rings. The molecule has 1 aliphatic carbocycles. The van der Waals surface area contributed by atoms with Crippen LogP contribution in [0.15, 0.2) is 12.1 Å². The second-order valence-electron chi connectivity index (χ2n) is 5.48. The maximum Gasteiger partial charge on any atom is 0.416 e. The van der Waals surface area contributed by atoms with E-state index < -0.39 is 23.1 Å². The number of halogens is 4. The topological polar surface area (TPSA) is 46.5 Å². The van der Waals surface area contributed by atoms with E-state index in [1.54, 1.807) is 0 Å². The number of hydrogen-bond acceptors (Lipinski definition) is 2. The van der Waals surface area contributed by atoms with Gasteiger partial charge in [-0.2, -0.15) is 13.2 Å². The Kier molecular flexibility index (Phi) is 4.61. The van der Waals surface area contributed by atoms with Gasteiger partial charge in [0, 0.05) is 10.6 Å². The predicted octanol–water partition coefficient (Wildman–Crippen LogP) is 4.65. The van der Waals surface area contributed by atoms with Gasteiger partial charge in [-0.05, 0) is 25.0 Å². The monoisotopic (exact) mass is 336 g/mol. The van der Waals surface area contributed by atoms with E-state index in [1.165, 1.54) is 7.11 Å². The SMILES string of the molecule is COc1cc(C(F)(F)F)cc(Cl)c1C1(C(=O)O)CCCCC1. The first-order valence-corrected chi connectivity index (χ1v) is 7.29. The van der Waals surface area contributed by atoms with Gasteiger partial charge in [0.15, 0.2) is 0 Å². The van der Waals surface area contributed by atoms with Crippen molar-refractivity contribution in [2.45, 2.75) is 43.7 Å². The van der Waals surface area contributed by atoms with E-state index in [9.17, 15) is 23.1 Å². The van der Waals surface area contributed by atoms with Crippen molar-refractivity contribution >= 4 is 17.6 Å². The average molecular weight is 337 g/mol. The summed E-state index contributed by atoms with van der Waals surface area (Å²) in [7, 11) is 1.22. The molecule has 22 heavy (non-hydrogen) atoms. The van der Waals surface area contributed by atoms with Crippen molar-refractivity contribution in [2.75, 3.05) is 7.11 Å². The number of aliphatic carboxylic acids is 1. The molecule has 1 fully saturated rings. The summed E-state index contributed by atoms with van der Waals surface area (Å²) in [5, 5.41) is 9.47. The lowest BCUT2D eigenvalue weighted by atomic mass is 9.69. The van der Waals surface area contributed by atoms with Gasteiger partial charge in [0.05, 0.1) is 18.1 Å². The fourth-order valence-electron chi connectivity index (χ4n) is 3.10. The van der Waals surface area contributed by atoms with Crippen molar-refractivity contribution in [3.8, 4) is 5.75 Å². The number of alkyl halides is 3. The Labute approximate surface area is 131 Å². The van der Waals surface area contributed by atoms with E-state index in [0.717, 1.165) is 18.6 Å². The molecule has 0 atom stereocenters. The molecule has 122 valence electrons. The number of methoxy groups -OCH3 is 1. The Morgan fingerprint density at radius 3 is 2.32 bits per heavy atom. The van der Waals surface area contributed by atoms with E-state index in [0.29, 0.717) is 25.7 Å². The van der Waals surface area contributed by atoms with Gasteiger partial charge < -0.3 is 9.84 Å². The van der Waals surface area contributed by atoms with Crippen molar-refractivity contribution in [1.82, 2.24) is 0 Å². The van der Waals surface area contributed by atoms with Crippen LogP contribution in [-0.2, 0) is 16.4 Å². The van der Waals surface area contributed by atoms with Crippen molar-refractivity contribution in [3.05, 3.63) is 28.3 Å². The van der Waals surface area contributed by atoms with Gasteiger partial charge in [0.1, 0.15) is 5.75 Å². The Hall–Kier alpha value is -1.43. The Bertz CT molecular complexity index is 578.